The molecule has 1 rings (SSSR count). The van der Waals surface area contributed by atoms with Gasteiger partial charge in [-0.1, -0.05) is 0 Å². The summed E-state index contributed by atoms with van der Waals surface area (Å²) in [5, 5.41) is 6.53. The number of aliphatic imine (C=N–C) groups is 1. The molecule has 1 fully saturated rings. The Bertz CT molecular complexity index is 274. The van der Waals surface area contributed by atoms with E-state index in [1.807, 2.05) is 0 Å². The van der Waals surface area contributed by atoms with Gasteiger partial charge in [-0.3, -0.25) is 4.99 Å². The van der Waals surface area contributed by atoms with E-state index in [9.17, 15) is 0 Å². The number of nitrogens with zero attached hydrogens (tertiary/aromatic N) is 1. The van der Waals surface area contributed by atoms with Crippen LogP contribution in [0.25, 0.3) is 0 Å². The van der Waals surface area contributed by atoms with Gasteiger partial charge in [0.1, 0.15) is 0 Å². The minimum atomic E-state index is 0. The molecule has 21 heavy (non-hydrogen) atoms. The number of rotatable bonds is 9. The minimum absolute atomic E-state index is 0. The normalized spacial score (nSPS) is 20.0. The first-order valence-corrected chi connectivity index (χ1v) is 7.38. The van der Waals surface area contributed by atoms with E-state index in [0.29, 0.717) is 12.5 Å². The van der Waals surface area contributed by atoms with E-state index < -0.39 is 0 Å². The summed E-state index contributed by atoms with van der Waals surface area (Å²) in [6.45, 7) is 6.90. The Balaban J connectivity index is 0.00000400. The molecule has 0 radical (unpaired) electrons. The summed E-state index contributed by atoms with van der Waals surface area (Å²) < 4.78 is 16.0. The summed E-state index contributed by atoms with van der Waals surface area (Å²) in [7, 11) is 3.46. The van der Waals surface area contributed by atoms with Gasteiger partial charge in [0.15, 0.2) is 5.96 Å². The smallest absolute Gasteiger partial charge is 0.191 e. The first-order valence-electron chi connectivity index (χ1n) is 7.38. The van der Waals surface area contributed by atoms with Crippen molar-refractivity contribution >= 4 is 29.9 Å². The van der Waals surface area contributed by atoms with Crippen molar-refractivity contribution in [1.82, 2.24) is 10.6 Å². The zero-order valence-corrected chi connectivity index (χ0v) is 15.7. The second-order valence-electron chi connectivity index (χ2n) is 5.16. The first kappa shape index (κ1) is 20.9. The van der Waals surface area contributed by atoms with Crippen LogP contribution >= 0.6 is 24.0 Å². The Hall–Kier alpha value is -0.120. The highest BCUT2D eigenvalue weighted by molar-refractivity contribution is 14.0. The van der Waals surface area contributed by atoms with Gasteiger partial charge in [0.2, 0.25) is 0 Å². The fraction of sp³-hybridized carbons (Fsp3) is 0.929. The lowest BCUT2D eigenvalue weighted by molar-refractivity contribution is 0.0888. The largest absolute Gasteiger partial charge is 0.383 e. The Morgan fingerprint density at radius 1 is 1.48 bits per heavy atom. The fourth-order valence-corrected chi connectivity index (χ4v) is 2.07. The third-order valence-electron chi connectivity index (χ3n) is 3.16. The van der Waals surface area contributed by atoms with Crippen molar-refractivity contribution in [2.75, 3.05) is 53.7 Å². The van der Waals surface area contributed by atoms with E-state index in [1.54, 1.807) is 14.2 Å². The highest BCUT2D eigenvalue weighted by Gasteiger charge is 2.15. The summed E-state index contributed by atoms with van der Waals surface area (Å²) >= 11 is 0. The molecule has 1 aliphatic rings. The highest BCUT2D eigenvalue weighted by atomic mass is 127. The SMILES string of the molecule is CN=C(NCCCOCC1CCOC1)NC(C)COC.I. The molecule has 126 valence electrons. The first-order chi connectivity index (χ1) is 9.76. The molecule has 0 bridgehead atoms. The molecule has 6 nitrogen and oxygen atoms in total. The maximum Gasteiger partial charge on any atom is 0.191 e. The van der Waals surface area contributed by atoms with Crippen molar-refractivity contribution in [3.8, 4) is 0 Å². The van der Waals surface area contributed by atoms with Gasteiger partial charge in [0.05, 0.1) is 19.8 Å². The number of methoxy groups -OCH3 is 1. The molecule has 1 heterocycles. The van der Waals surface area contributed by atoms with E-state index in [-0.39, 0.29) is 30.0 Å². The van der Waals surface area contributed by atoms with Crippen LogP contribution in [-0.2, 0) is 14.2 Å². The van der Waals surface area contributed by atoms with Crippen LogP contribution in [0.15, 0.2) is 4.99 Å². The number of hydrogen-bond acceptors (Lipinski definition) is 4. The Kier molecular flexibility index (Phi) is 13.5. The Morgan fingerprint density at radius 2 is 2.29 bits per heavy atom. The summed E-state index contributed by atoms with van der Waals surface area (Å²) in [5.74, 6) is 1.39. The molecule has 1 saturated heterocycles. The summed E-state index contributed by atoms with van der Waals surface area (Å²) in [5.41, 5.74) is 0. The van der Waals surface area contributed by atoms with Crippen LogP contribution in [0.1, 0.15) is 19.8 Å². The van der Waals surface area contributed by atoms with Crippen LogP contribution in [0.4, 0.5) is 0 Å². The minimum Gasteiger partial charge on any atom is -0.383 e. The van der Waals surface area contributed by atoms with Gasteiger partial charge in [-0.05, 0) is 19.8 Å². The van der Waals surface area contributed by atoms with Gasteiger partial charge in [0, 0.05) is 45.9 Å². The van der Waals surface area contributed by atoms with Gasteiger partial charge in [0.25, 0.3) is 0 Å². The maximum atomic E-state index is 5.65. The van der Waals surface area contributed by atoms with E-state index in [1.165, 1.54) is 0 Å². The van der Waals surface area contributed by atoms with Crippen LogP contribution in [-0.4, -0.2) is 65.7 Å². The lowest BCUT2D eigenvalue weighted by Crippen LogP contribution is -2.44. The van der Waals surface area contributed by atoms with Gasteiger partial charge >= 0.3 is 0 Å². The molecule has 0 aliphatic carbocycles. The topological polar surface area (TPSA) is 64.1 Å². The van der Waals surface area contributed by atoms with Gasteiger partial charge in [-0.15, -0.1) is 24.0 Å². The molecule has 2 N–H and O–H groups in total. The molecule has 0 saturated carbocycles. The quantitative estimate of drug-likeness (QED) is 0.257. The molecule has 0 aromatic heterocycles. The molecular weight excluding hydrogens is 385 g/mol. The highest BCUT2D eigenvalue weighted by Crippen LogP contribution is 2.12. The average molecular weight is 415 g/mol. The standard InChI is InChI=1S/C14H29N3O3.HI/c1-12(9-18-3)17-14(15-2)16-6-4-7-19-10-13-5-8-20-11-13;/h12-13H,4-11H2,1-3H3,(H2,15,16,17);1H. The molecule has 2 unspecified atom stereocenters. The fourth-order valence-electron chi connectivity index (χ4n) is 2.07. The van der Waals surface area contributed by atoms with Crippen molar-refractivity contribution in [1.29, 1.82) is 0 Å². The molecular formula is C14H30IN3O3. The van der Waals surface area contributed by atoms with E-state index >= 15 is 0 Å². The molecule has 7 heteroatoms. The van der Waals surface area contributed by atoms with Crippen LogP contribution in [0.3, 0.4) is 0 Å². The van der Waals surface area contributed by atoms with Gasteiger partial charge in [-0.25, -0.2) is 0 Å². The van der Waals surface area contributed by atoms with E-state index in [4.69, 9.17) is 14.2 Å². The summed E-state index contributed by atoms with van der Waals surface area (Å²) in [6.07, 6.45) is 2.10. The van der Waals surface area contributed by atoms with Gasteiger partial charge < -0.3 is 24.8 Å². The predicted octanol–water partition coefficient (Wildman–Crippen LogP) is 1.25. The van der Waals surface area contributed by atoms with Crippen molar-refractivity contribution in [3.05, 3.63) is 0 Å². The van der Waals surface area contributed by atoms with Crippen LogP contribution in [0.2, 0.25) is 0 Å². The molecule has 1 aliphatic heterocycles. The van der Waals surface area contributed by atoms with E-state index in [0.717, 1.165) is 51.8 Å². The Labute approximate surface area is 145 Å². The molecule has 0 spiro atoms. The third kappa shape index (κ3) is 10.3. The average Bonchev–Trinajstić information content (AvgIpc) is 2.94. The number of halogens is 1. The Morgan fingerprint density at radius 3 is 2.90 bits per heavy atom. The molecule has 0 aromatic rings. The van der Waals surface area contributed by atoms with Crippen LogP contribution in [0, 0.1) is 5.92 Å². The predicted molar refractivity (Wildman–Crippen MR) is 95.6 cm³/mol. The van der Waals surface area contributed by atoms with E-state index in [2.05, 4.69) is 22.5 Å². The number of guanidine groups is 1. The number of nitrogens with one attached hydrogen (secondary N) is 2. The third-order valence-corrected chi connectivity index (χ3v) is 3.16. The lowest BCUT2D eigenvalue weighted by atomic mass is 10.1. The molecule has 0 aromatic carbocycles. The molecule has 2 atom stereocenters. The van der Waals surface area contributed by atoms with Crippen LogP contribution in [0.5, 0.6) is 0 Å². The van der Waals surface area contributed by atoms with Gasteiger partial charge in [-0.2, -0.15) is 0 Å². The van der Waals surface area contributed by atoms with Crippen molar-refractivity contribution < 1.29 is 14.2 Å². The lowest BCUT2D eigenvalue weighted by Gasteiger charge is -2.17. The number of ether oxygens (including phenoxy) is 3. The summed E-state index contributed by atoms with van der Waals surface area (Å²) in [6, 6.07) is 0.241. The second kappa shape index (κ2) is 13.5. The monoisotopic (exact) mass is 415 g/mol. The zero-order valence-electron chi connectivity index (χ0n) is 13.4. The second-order valence-corrected chi connectivity index (χ2v) is 5.16. The van der Waals surface area contributed by atoms with Crippen LogP contribution < -0.4 is 10.6 Å². The van der Waals surface area contributed by atoms with Crippen molar-refractivity contribution in [2.45, 2.75) is 25.8 Å². The summed E-state index contributed by atoms with van der Waals surface area (Å²) in [4.78, 5) is 4.17. The number of hydrogen-bond donors (Lipinski definition) is 2. The maximum absolute atomic E-state index is 5.65. The zero-order chi connectivity index (χ0) is 14.6. The molecule has 0 amide bonds. The van der Waals surface area contributed by atoms with Crippen molar-refractivity contribution in [3.63, 3.8) is 0 Å². The van der Waals surface area contributed by atoms with Crippen molar-refractivity contribution in [2.24, 2.45) is 10.9 Å².